The van der Waals surface area contributed by atoms with Crippen LogP contribution in [0.2, 0.25) is 0 Å². The van der Waals surface area contributed by atoms with Crippen molar-refractivity contribution in [2.45, 2.75) is 44.9 Å². The molecule has 0 bridgehead atoms. The van der Waals surface area contributed by atoms with Gasteiger partial charge in [0.05, 0.1) is 0 Å². The number of carbonyl (C=O) groups excluding carboxylic acids is 2. The molecule has 5 nitrogen and oxygen atoms in total. The summed E-state index contributed by atoms with van der Waals surface area (Å²) in [5.41, 5.74) is 0.474. The van der Waals surface area contributed by atoms with E-state index in [0.29, 0.717) is 11.9 Å². The fraction of sp³-hybridized carbons (Fsp3) is 0.636. The number of rotatable bonds is 2. The Hall–Kier alpha value is -1.20. The first-order valence-corrected chi connectivity index (χ1v) is 5.13. The van der Waals surface area contributed by atoms with E-state index in [0.717, 1.165) is 0 Å². The van der Waals surface area contributed by atoms with Gasteiger partial charge in [-0.05, 0) is 19.9 Å². The molecule has 88 valence electrons. The van der Waals surface area contributed by atoms with E-state index in [1.165, 1.54) is 6.92 Å². The molecule has 0 spiro atoms. The minimum Gasteiger partial charge on any atom is -0.455 e. The molecule has 0 aromatic rings. The summed E-state index contributed by atoms with van der Waals surface area (Å²) in [4.78, 5) is 21.8. The quantitative estimate of drug-likeness (QED) is 0.509. The average molecular weight is 226 g/mol. The summed E-state index contributed by atoms with van der Waals surface area (Å²) in [5.74, 6) is -1.16. The van der Waals surface area contributed by atoms with Gasteiger partial charge >= 0.3 is 5.97 Å². The van der Waals surface area contributed by atoms with Crippen molar-refractivity contribution in [3.63, 3.8) is 0 Å². The zero-order chi connectivity index (χ0) is 11.9. The van der Waals surface area contributed by atoms with Crippen LogP contribution in [0.4, 0.5) is 0 Å². The molecule has 1 aliphatic carbocycles. The van der Waals surface area contributed by atoms with Crippen molar-refractivity contribution >= 4 is 12.3 Å². The number of hydrogen-bond acceptors (Lipinski definition) is 5. The molecule has 0 aromatic heterocycles. The fourth-order valence-corrected chi connectivity index (χ4v) is 2.07. The van der Waals surface area contributed by atoms with Gasteiger partial charge in [0.25, 0.3) is 0 Å². The third-order valence-electron chi connectivity index (χ3n) is 2.58. The first kappa shape index (κ1) is 11.3. The van der Waals surface area contributed by atoms with Crippen LogP contribution in [-0.2, 0) is 23.8 Å². The molecular weight excluding hydrogens is 212 g/mol. The first-order valence-electron chi connectivity index (χ1n) is 5.13. The van der Waals surface area contributed by atoms with Gasteiger partial charge in [0, 0.05) is 12.5 Å². The number of ether oxygens (including phenoxy) is 3. The van der Waals surface area contributed by atoms with Gasteiger partial charge in [-0.3, -0.25) is 9.59 Å². The zero-order valence-corrected chi connectivity index (χ0v) is 9.43. The summed E-state index contributed by atoms with van der Waals surface area (Å²) in [7, 11) is 0. The van der Waals surface area contributed by atoms with Crippen LogP contribution in [0.25, 0.3) is 0 Å². The molecule has 3 unspecified atom stereocenters. The maximum absolute atomic E-state index is 10.9. The predicted octanol–water partition coefficient (Wildman–Crippen LogP) is 0.577. The van der Waals surface area contributed by atoms with Crippen molar-refractivity contribution in [2.24, 2.45) is 0 Å². The van der Waals surface area contributed by atoms with E-state index in [9.17, 15) is 9.59 Å². The Kier molecular flexibility index (Phi) is 2.59. The smallest absolute Gasteiger partial charge is 0.303 e. The van der Waals surface area contributed by atoms with Gasteiger partial charge in [0.2, 0.25) is 0 Å². The molecular formula is C11H14O5. The van der Waals surface area contributed by atoms with Crippen LogP contribution in [0.3, 0.4) is 0 Å². The van der Waals surface area contributed by atoms with Gasteiger partial charge in [0.15, 0.2) is 5.79 Å². The standard InChI is InChI=1S/C11H14O5/c1-6(13)14-8-4-7(5-12)9-10(8)16-11(2,3)15-9/h4-5,8-10H,1-3H3. The lowest BCUT2D eigenvalue weighted by atomic mass is 10.2. The average Bonchev–Trinajstić information content (AvgIpc) is 2.60. The molecule has 16 heavy (non-hydrogen) atoms. The van der Waals surface area contributed by atoms with E-state index >= 15 is 0 Å². The van der Waals surface area contributed by atoms with Crippen LogP contribution >= 0.6 is 0 Å². The normalized spacial score (nSPS) is 35.4. The van der Waals surface area contributed by atoms with Crippen molar-refractivity contribution in [1.82, 2.24) is 0 Å². The zero-order valence-electron chi connectivity index (χ0n) is 9.43. The minimum absolute atomic E-state index is 0.402. The van der Waals surface area contributed by atoms with Crippen molar-refractivity contribution in [3.8, 4) is 0 Å². The Bertz CT molecular complexity index is 357. The maximum atomic E-state index is 10.9. The summed E-state index contributed by atoms with van der Waals surface area (Å²) < 4.78 is 16.3. The summed E-state index contributed by atoms with van der Waals surface area (Å²) in [6, 6.07) is 0. The van der Waals surface area contributed by atoms with Gasteiger partial charge in [-0.15, -0.1) is 0 Å². The molecule has 0 radical (unpaired) electrons. The highest BCUT2D eigenvalue weighted by molar-refractivity contribution is 5.77. The number of hydrogen-bond donors (Lipinski definition) is 0. The highest BCUT2D eigenvalue weighted by Crippen LogP contribution is 2.38. The third kappa shape index (κ3) is 1.88. The number of aldehydes is 1. The third-order valence-corrected chi connectivity index (χ3v) is 2.58. The highest BCUT2D eigenvalue weighted by Gasteiger charge is 2.51. The molecule has 0 amide bonds. The van der Waals surface area contributed by atoms with Gasteiger partial charge in [-0.2, -0.15) is 0 Å². The molecule has 3 atom stereocenters. The summed E-state index contributed by atoms with van der Waals surface area (Å²) in [6.45, 7) is 4.85. The van der Waals surface area contributed by atoms with Gasteiger partial charge in [-0.1, -0.05) is 0 Å². The SMILES string of the molecule is CC(=O)OC1C=C(C=O)C2OC(C)(C)OC12. The van der Waals surface area contributed by atoms with Crippen LogP contribution < -0.4 is 0 Å². The number of carbonyl (C=O) groups is 2. The molecule has 1 aliphatic heterocycles. The molecule has 5 heteroatoms. The largest absolute Gasteiger partial charge is 0.455 e. The summed E-state index contributed by atoms with van der Waals surface area (Å²) >= 11 is 0. The van der Waals surface area contributed by atoms with Crippen LogP contribution in [0.5, 0.6) is 0 Å². The second-order valence-corrected chi connectivity index (χ2v) is 4.38. The van der Waals surface area contributed by atoms with E-state index < -0.39 is 30.1 Å². The Morgan fingerprint density at radius 2 is 2.19 bits per heavy atom. The van der Waals surface area contributed by atoms with Gasteiger partial charge in [0.1, 0.15) is 24.6 Å². The monoisotopic (exact) mass is 226 g/mol. The fourth-order valence-electron chi connectivity index (χ4n) is 2.07. The number of fused-ring (bicyclic) bond motifs is 1. The van der Waals surface area contributed by atoms with E-state index in [1.807, 2.05) is 0 Å². The molecule has 1 heterocycles. The van der Waals surface area contributed by atoms with Crippen LogP contribution in [0.1, 0.15) is 20.8 Å². The lowest BCUT2D eigenvalue weighted by Gasteiger charge is -2.20. The molecule has 0 N–H and O–H groups in total. The lowest BCUT2D eigenvalue weighted by Crippen LogP contribution is -2.32. The molecule has 2 aliphatic rings. The second-order valence-electron chi connectivity index (χ2n) is 4.38. The Morgan fingerprint density at radius 1 is 1.50 bits per heavy atom. The molecule has 1 fully saturated rings. The lowest BCUT2D eigenvalue weighted by molar-refractivity contribution is -0.166. The highest BCUT2D eigenvalue weighted by atomic mass is 16.8. The van der Waals surface area contributed by atoms with Gasteiger partial charge in [-0.25, -0.2) is 0 Å². The molecule has 0 saturated carbocycles. The van der Waals surface area contributed by atoms with Crippen LogP contribution in [-0.4, -0.2) is 36.4 Å². The minimum atomic E-state index is -0.754. The van der Waals surface area contributed by atoms with E-state index in [2.05, 4.69) is 0 Å². The Labute approximate surface area is 93.4 Å². The number of esters is 1. The molecule has 0 aromatic carbocycles. The summed E-state index contributed by atoms with van der Waals surface area (Å²) in [6.07, 6.45) is 0.908. The maximum Gasteiger partial charge on any atom is 0.303 e. The molecule has 1 saturated heterocycles. The topological polar surface area (TPSA) is 61.8 Å². The van der Waals surface area contributed by atoms with Crippen molar-refractivity contribution < 1.29 is 23.8 Å². The van der Waals surface area contributed by atoms with E-state index in [-0.39, 0.29) is 0 Å². The van der Waals surface area contributed by atoms with Gasteiger partial charge < -0.3 is 14.2 Å². The second kappa shape index (κ2) is 3.68. The Morgan fingerprint density at radius 3 is 2.75 bits per heavy atom. The first-order chi connectivity index (χ1) is 7.43. The van der Waals surface area contributed by atoms with E-state index in [4.69, 9.17) is 14.2 Å². The van der Waals surface area contributed by atoms with Crippen molar-refractivity contribution in [2.75, 3.05) is 0 Å². The predicted molar refractivity (Wildman–Crippen MR) is 53.5 cm³/mol. The van der Waals surface area contributed by atoms with Crippen molar-refractivity contribution in [3.05, 3.63) is 11.6 Å². The van der Waals surface area contributed by atoms with Crippen molar-refractivity contribution in [1.29, 1.82) is 0 Å². The van der Waals surface area contributed by atoms with Crippen LogP contribution in [0, 0.1) is 0 Å². The van der Waals surface area contributed by atoms with E-state index in [1.54, 1.807) is 19.9 Å². The molecule has 2 rings (SSSR count). The van der Waals surface area contributed by atoms with Crippen LogP contribution in [0.15, 0.2) is 11.6 Å². The summed E-state index contributed by atoms with van der Waals surface area (Å²) in [5, 5.41) is 0. The Balaban J connectivity index is 2.20.